The average Bonchev–Trinajstić information content (AvgIpc) is 3.44. The zero-order valence-corrected chi connectivity index (χ0v) is 20.3. The van der Waals surface area contributed by atoms with Crippen molar-refractivity contribution in [2.24, 2.45) is 0 Å². The van der Waals surface area contributed by atoms with Gasteiger partial charge in [-0.3, -0.25) is 5.10 Å². The Balaban J connectivity index is 1.19. The zero-order valence-electron chi connectivity index (χ0n) is 20.3. The van der Waals surface area contributed by atoms with E-state index in [-0.39, 0.29) is 6.10 Å². The number of aromatic nitrogens is 5. The van der Waals surface area contributed by atoms with E-state index in [1.807, 2.05) is 48.5 Å². The van der Waals surface area contributed by atoms with E-state index in [1.165, 1.54) is 12.8 Å². The third-order valence-electron chi connectivity index (χ3n) is 6.49. The number of rotatable bonds is 9. The van der Waals surface area contributed by atoms with E-state index in [2.05, 4.69) is 47.9 Å². The molecule has 3 aromatic heterocycles. The van der Waals surface area contributed by atoms with Crippen molar-refractivity contribution in [3.8, 4) is 17.1 Å². The van der Waals surface area contributed by atoms with Crippen molar-refractivity contribution in [1.29, 1.82) is 0 Å². The SMILES string of the molecule is CN1CCCC(Oc2cc(Nc3cc(C4CC4)[nH]n3)nc(NCc3cc(-c4ccccc4)no3)n2)C1. The molecule has 0 amide bonds. The number of nitrogens with one attached hydrogen (secondary N) is 3. The lowest BCUT2D eigenvalue weighted by Crippen LogP contribution is -2.38. The second-order valence-electron chi connectivity index (χ2n) is 9.57. The maximum Gasteiger partial charge on any atom is 0.228 e. The van der Waals surface area contributed by atoms with E-state index in [0.717, 1.165) is 48.7 Å². The highest BCUT2D eigenvalue weighted by molar-refractivity contribution is 5.59. The van der Waals surface area contributed by atoms with E-state index in [0.29, 0.717) is 35.9 Å². The van der Waals surface area contributed by atoms with Crippen molar-refractivity contribution in [2.45, 2.75) is 44.2 Å². The fourth-order valence-corrected chi connectivity index (χ4v) is 4.46. The van der Waals surface area contributed by atoms with Gasteiger partial charge in [0.25, 0.3) is 0 Å². The number of likely N-dealkylation sites (tertiary alicyclic amines) is 1. The molecular formula is C26H30N8O2. The summed E-state index contributed by atoms with van der Waals surface area (Å²) in [5.41, 5.74) is 2.96. The van der Waals surface area contributed by atoms with Gasteiger partial charge in [0.2, 0.25) is 11.8 Å². The van der Waals surface area contributed by atoms with Gasteiger partial charge in [-0.2, -0.15) is 15.1 Å². The quantitative estimate of drug-likeness (QED) is 0.313. The highest BCUT2D eigenvalue weighted by atomic mass is 16.5. The van der Waals surface area contributed by atoms with Crippen LogP contribution >= 0.6 is 0 Å². The molecule has 1 saturated heterocycles. The molecule has 3 N–H and O–H groups in total. The van der Waals surface area contributed by atoms with Crippen LogP contribution in [-0.4, -0.2) is 56.5 Å². The molecule has 4 aromatic rings. The van der Waals surface area contributed by atoms with Gasteiger partial charge in [0.15, 0.2) is 11.6 Å². The molecule has 4 heterocycles. The number of nitrogens with zero attached hydrogens (tertiary/aromatic N) is 5. The van der Waals surface area contributed by atoms with Gasteiger partial charge < -0.3 is 24.8 Å². The Labute approximate surface area is 209 Å². The number of aromatic amines is 1. The van der Waals surface area contributed by atoms with Gasteiger partial charge in [-0.15, -0.1) is 0 Å². The van der Waals surface area contributed by atoms with Crippen LogP contribution in [0.25, 0.3) is 11.3 Å². The first-order chi connectivity index (χ1) is 17.7. The predicted octanol–water partition coefficient (Wildman–Crippen LogP) is 4.56. The van der Waals surface area contributed by atoms with Crippen molar-refractivity contribution in [3.63, 3.8) is 0 Å². The summed E-state index contributed by atoms with van der Waals surface area (Å²) in [6, 6.07) is 15.7. The largest absolute Gasteiger partial charge is 0.473 e. The van der Waals surface area contributed by atoms with Crippen LogP contribution in [-0.2, 0) is 6.54 Å². The van der Waals surface area contributed by atoms with Gasteiger partial charge in [-0.1, -0.05) is 35.5 Å². The van der Waals surface area contributed by atoms with Gasteiger partial charge in [0.1, 0.15) is 17.6 Å². The fourth-order valence-electron chi connectivity index (χ4n) is 4.46. The summed E-state index contributed by atoms with van der Waals surface area (Å²) in [6.45, 7) is 2.36. The monoisotopic (exact) mass is 486 g/mol. The molecule has 186 valence electrons. The standard InChI is InChI=1S/C26H30N8O2/c1-34-11-5-8-19(16-34)35-25-14-23(28-24-13-21(31-32-24)18-9-10-18)29-26(30-25)27-15-20-12-22(33-36-20)17-6-3-2-4-7-17/h2-4,6-7,12-14,18-19H,5,8-11,15-16H2,1H3,(H3,27,28,29,30,31,32). The molecule has 0 spiro atoms. The first kappa shape index (κ1) is 22.5. The second kappa shape index (κ2) is 9.98. The summed E-state index contributed by atoms with van der Waals surface area (Å²) in [5, 5.41) is 18.3. The van der Waals surface area contributed by atoms with E-state index in [9.17, 15) is 0 Å². The average molecular weight is 487 g/mol. The number of ether oxygens (including phenoxy) is 1. The van der Waals surface area contributed by atoms with Crippen LogP contribution in [0.1, 0.15) is 43.1 Å². The molecule has 1 atom stereocenters. The normalized spacial score (nSPS) is 18.2. The molecule has 10 nitrogen and oxygen atoms in total. The van der Waals surface area contributed by atoms with E-state index in [4.69, 9.17) is 9.26 Å². The van der Waals surface area contributed by atoms with Crippen molar-refractivity contribution in [3.05, 3.63) is 60.0 Å². The number of anilines is 3. The van der Waals surface area contributed by atoms with Crippen molar-refractivity contribution < 1.29 is 9.26 Å². The minimum Gasteiger partial charge on any atom is -0.473 e. The second-order valence-corrected chi connectivity index (χ2v) is 9.57. The Morgan fingerprint density at radius 1 is 1.08 bits per heavy atom. The summed E-state index contributed by atoms with van der Waals surface area (Å²) in [4.78, 5) is 11.6. The Bertz CT molecular complexity index is 1300. The Morgan fingerprint density at radius 2 is 1.97 bits per heavy atom. The molecule has 0 radical (unpaired) electrons. The Hall–Kier alpha value is -3.92. The molecule has 2 fully saturated rings. The summed E-state index contributed by atoms with van der Waals surface area (Å²) in [6.07, 6.45) is 4.63. The van der Waals surface area contributed by atoms with Gasteiger partial charge in [0, 0.05) is 41.9 Å². The topological polar surface area (TPSA) is 117 Å². The number of benzene rings is 1. The van der Waals surface area contributed by atoms with Gasteiger partial charge in [-0.25, -0.2) is 0 Å². The maximum atomic E-state index is 6.28. The lowest BCUT2D eigenvalue weighted by atomic mass is 10.1. The molecule has 1 aromatic carbocycles. The fraction of sp³-hybridized carbons (Fsp3) is 0.385. The zero-order chi connectivity index (χ0) is 24.3. The van der Waals surface area contributed by atoms with Crippen LogP contribution < -0.4 is 15.4 Å². The van der Waals surface area contributed by atoms with Crippen LogP contribution in [0.2, 0.25) is 0 Å². The summed E-state index contributed by atoms with van der Waals surface area (Å²) in [7, 11) is 2.12. The molecule has 6 rings (SSSR count). The van der Waals surface area contributed by atoms with Crippen molar-refractivity contribution in [2.75, 3.05) is 30.8 Å². The third kappa shape index (κ3) is 5.49. The molecule has 10 heteroatoms. The van der Waals surface area contributed by atoms with Crippen molar-refractivity contribution in [1.82, 2.24) is 30.2 Å². The predicted molar refractivity (Wildman–Crippen MR) is 136 cm³/mol. The highest BCUT2D eigenvalue weighted by Gasteiger charge is 2.26. The summed E-state index contributed by atoms with van der Waals surface area (Å²) >= 11 is 0. The highest BCUT2D eigenvalue weighted by Crippen LogP contribution is 2.39. The van der Waals surface area contributed by atoms with Gasteiger partial charge in [-0.05, 0) is 39.3 Å². The lowest BCUT2D eigenvalue weighted by Gasteiger charge is -2.29. The first-order valence-corrected chi connectivity index (χ1v) is 12.5. The molecular weight excluding hydrogens is 456 g/mol. The third-order valence-corrected chi connectivity index (χ3v) is 6.49. The minimum absolute atomic E-state index is 0.0916. The summed E-state index contributed by atoms with van der Waals surface area (Å²) < 4.78 is 11.8. The molecule has 1 aliphatic carbocycles. The van der Waals surface area contributed by atoms with Crippen molar-refractivity contribution >= 4 is 17.6 Å². The van der Waals surface area contributed by atoms with Crippen LogP contribution in [0, 0.1) is 0 Å². The molecule has 1 aliphatic heterocycles. The molecule has 0 bridgehead atoms. The van der Waals surface area contributed by atoms with Crippen LogP contribution in [0.5, 0.6) is 5.88 Å². The lowest BCUT2D eigenvalue weighted by molar-refractivity contribution is 0.100. The van der Waals surface area contributed by atoms with Crippen LogP contribution in [0.15, 0.2) is 53.1 Å². The van der Waals surface area contributed by atoms with E-state index >= 15 is 0 Å². The number of piperidine rings is 1. The van der Waals surface area contributed by atoms with E-state index < -0.39 is 0 Å². The molecule has 2 aliphatic rings. The van der Waals surface area contributed by atoms with E-state index in [1.54, 1.807) is 0 Å². The Morgan fingerprint density at radius 3 is 2.81 bits per heavy atom. The molecule has 1 unspecified atom stereocenters. The number of likely N-dealkylation sites (N-methyl/N-ethyl adjacent to an activating group) is 1. The van der Waals surface area contributed by atoms with Gasteiger partial charge in [0.05, 0.1) is 6.54 Å². The van der Waals surface area contributed by atoms with Crippen LogP contribution in [0.3, 0.4) is 0 Å². The number of hydrogen-bond donors (Lipinski definition) is 3. The minimum atomic E-state index is 0.0916. The van der Waals surface area contributed by atoms with Gasteiger partial charge >= 0.3 is 0 Å². The number of H-pyrrole nitrogens is 1. The number of hydrogen-bond acceptors (Lipinski definition) is 9. The van der Waals surface area contributed by atoms with Crippen LogP contribution in [0.4, 0.5) is 17.6 Å². The first-order valence-electron chi connectivity index (χ1n) is 12.5. The maximum absolute atomic E-state index is 6.28. The summed E-state index contributed by atoms with van der Waals surface area (Å²) in [5.74, 6) is 3.59. The molecule has 36 heavy (non-hydrogen) atoms. The smallest absolute Gasteiger partial charge is 0.228 e. The molecule has 1 saturated carbocycles. The Kier molecular flexibility index (Phi) is 6.25.